The summed E-state index contributed by atoms with van der Waals surface area (Å²) in [5.41, 5.74) is 1.65. The van der Waals surface area contributed by atoms with Crippen molar-refractivity contribution in [1.82, 2.24) is 0 Å². The van der Waals surface area contributed by atoms with Gasteiger partial charge >= 0.3 is 5.97 Å². The Balaban J connectivity index is 2.79. The quantitative estimate of drug-likeness (QED) is 0.655. The van der Waals surface area contributed by atoms with Gasteiger partial charge in [0, 0.05) is 17.9 Å². The second-order valence-corrected chi connectivity index (χ2v) is 4.09. The van der Waals surface area contributed by atoms with E-state index in [1.54, 1.807) is 6.08 Å². The average Bonchev–Trinajstić information content (AvgIpc) is 2.28. The van der Waals surface area contributed by atoms with Crippen LogP contribution in [0.25, 0.3) is 0 Å². The van der Waals surface area contributed by atoms with Crippen molar-refractivity contribution >= 4 is 17.0 Å². The van der Waals surface area contributed by atoms with Crippen molar-refractivity contribution in [2.24, 2.45) is 0 Å². The molecule has 78 valence electrons. The first-order valence-corrected chi connectivity index (χ1v) is 5.24. The van der Waals surface area contributed by atoms with Gasteiger partial charge in [0.05, 0.1) is 0 Å². The molecule has 0 aromatic rings. The highest BCUT2D eigenvalue weighted by Crippen LogP contribution is 2.21. The predicted molar refractivity (Wildman–Crippen MR) is 52.3 cm³/mol. The van der Waals surface area contributed by atoms with Crippen molar-refractivity contribution in [2.45, 2.75) is 27.1 Å². The van der Waals surface area contributed by atoms with Crippen LogP contribution in [0.5, 0.6) is 0 Å². The highest BCUT2D eigenvalue weighted by atomic mass is 32.2. The normalized spacial score (nSPS) is 25.5. The Kier molecular flexibility index (Phi) is 3.60. The van der Waals surface area contributed by atoms with E-state index in [0.717, 1.165) is 5.57 Å². The minimum Gasteiger partial charge on any atom is -0.430 e. The molecular formula is C9H12O4S. The first-order valence-electron chi connectivity index (χ1n) is 4.10. The number of rotatable bonds is 2. The summed E-state index contributed by atoms with van der Waals surface area (Å²) in [6.45, 7) is 5.07. The number of allylic oxidation sites excluding steroid dienone is 1. The van der Waals surface area contributed by atoms with Crippen molar-refractivity contribution in [3.8, 4) is 0 Å². The fraction of sp³-hybridized carbons (Fsp3) is 0.444. The average molecular weight is 216 g/mol. The lowest BCUT2D eigenvalue weighted by Gasteiger charge is -2.10. The number of esters is 1. The smallest absolute Gasteiger partial charge is 0.305 e. The molecule has 2 atom stereocenters. The van der Waals surface area contributed by atoms with Gasteiger partial charge in [-0.05, 0) is 13.8 Å². The molecule has 0 saturated carbocycles. The zero-order chi connectivity index (χ0) is 10.7. The van der Waals surface area contributed by atoms with Crippen LogP contribution in [0.4, 0.5) is 0 Å². The Hall–Kier alpha value is -0.940. The number of hydrogen-bond donors (Lipinski definition) is 0. The monoisotopic (exact) mass is 216 g/mol. The summed E-state index contributed by atoms with van der Waals surface area (Å²) in [7, 11) is 0. The molecule has 0 aromatic heterocycles. The molecule has 0 bridgehead atoms. The van der Waals surface area contributed by atoms with Gasteiger partial charge in [0.25, 0.3) is 0 Å². The van der Waals surface area contributed by atoms with Crippen molar-refractivity contribution < 1.29 is 17.9 Å². The number of carbonyl (C=O) groups is 1. The standard InChI is InChI=1S/C9H12O4S/c1-6(2)4-8-5-14(11)13-9(8)12-7(3)10/h4-5,9H,1-3H3. The molecule has 4 nitrogen and oxygen atoms in total. The van der Waals surface area contributed by atoms with Crippen LogP contribution in [0, 0.1) is 0 Å². The maximum atomic E-state index is 11.0. The fourth-order valence-electron chi connectivity index (χ4n) is 1.01. The Morgan fingerprint density at radius 1 is 1.57 bits per heavy atom. The summed E-state index contributed by atoms with van der Waals surface area (Å²) in [6.07, 6.45) is 0.946. The molecule has 0 radical (unpaired) electrons. The second kappa shape index (κ2) is 4.52. The minimum atomic E-state index is -1.50. The molecule has 14 heavy (non-hydrogen) atoms. The molecule has 0 fully saturated rings. The van der Waals surface area contributed by atoms with Crippen LogP contribution in [0.15, 0.2) is 22.6 Å². The van der Waals surface area contributed by atoms with E-state index in [0.29, 0.717) is 5.57 Å². The van der Waals surface area contributed by atoms with Gasteiger partial charge in [-0.1, -0.05) is 11.6 Å². The van der Waals surface area contributed by atoms with Crippen molar-refractivity contribution in [2.75, 3.05) is 0 Å². The van der Waals surface area contributed by atoms with Crippen LogP contribution < -0.4 is 0 Å². The molecule has 0 saturated heterocycles. The van der Waals surface area contributed by atoms with E-state index in [9.17, 15) is 9.00 Å². The molecule has 1 rings (SSSR count). The van der Waals surface area contributed by atoms with Crippen molar-refractivity contribution in [3.63, 3.8) is 0 Å². The largest absolute Gasteiger partial charge is 0.430 e. The zero-order valence-electron chi connectivity index (χ0n) is 8.27. The van der Waals surface area contributed by atoms with E-state index in [4.69, 9.17) is 8.92 Å². The Labute approximate surface area is 85.2 Å². The number of hydrogen-bond acceptors (Lipinski definition) is 4. The molecule has 0 N–H and O–H groups in total. The molecule has 0 aromatic carbocycles. The van der Waals surface area contributed by atoms with E-state index in [1.165, 1.54) is 12.3 Å². The molecule has 1 aliphatic rings. The molecule has 0 aliphatic carbocycles. The summed E-state index contributed by atoms with van der Waals surface area (Å²) in [5, 5.41) is 1.43. The van der Waals surface area contributed by atoms with Gasteiger partial charge in [-0.25, -0.2) is 8.39 Å². The topological polar surface area (TPSA) is 52.6 Å². The molecule has 1 aliphatic heterocycles. The van der Waals surface area contributed by atoms with E-state index >= 15 is 0 Å². The summed E-state index contributed by atoms with van der Waals surface area (Å²) in [4.78, 5) is 10.7. The lowest BCUT2D eigenvalue weighted by Crippen LogP contribution is -2.17. The summed E-state index contributed by atoms with van der Waals surface area (Å²) in [6, 6.07) is 0. The van der Waals surface area contributed by atoms with Crippen molar-refractivity contribution in [3.05, 3.63) is 22.6 Å². The van der Waals surface area contributed by atoms with E-state index in [-0.39, 0.29) is 0 Å². The van der Waals surface area contributed by atoms with Gasteiger partial charge < -0.3 is 4.74 Å². The lowest BCUT2D eigenvalue weighted by atomic mass is 10.2. The molecule has 5 heteroatoms. The lowest BCUT2D eigenvalue weighted by molar-refractivity contribution is -0.154. The first kappa shape index (κ1) is 11.1. The third-order valence-electron chi connectivity index (χ3n) is 1.42. The highest BCUT2D eigenvalue weighted by molar-refractivity contribution is 7.83. The first-order chi connectivity index (χ1) is 6.49. The Bertz CT molecular complexity index is 326. The highest BCUT2D eigenvalue weighted by Gasteiger charge is 2.26. The van der Waals surface area contributed by atoms with Crippen LogP contribution in [-0.4, -0.2) is 16.5 Å². The molecule has 0 amide bonds. The number of carbonyl (C=O) groups excluding carboxylic acids is 1. The van der Waals surface area contributed by atoms with Gasteiger partial charge in [-0.15, -0.1) is 0 Å². The van der Waals surface area contributed by atoms with Crippen LogP contribution in [-0.2, 0) is 24.8 Å². The fourth-order valence-corrected chi connectivity index (χ4v) is 1.79. The van der Waals surface area contributed by atoms with E-state index in [1.807, 2.05) is 13.8 Å². The zero-order valence-corrected chi connectivity index (χ0v) is 9.09. The van der Waals surface area contributed by atoms with Gasteiger partial charge in [-0.2, -0.15) is 0 Å². The third kappa shape index (κ3) is 3.08. The van der Waals surface area contributed by atoms with E-state index in [2.05, 4.69) is 0 Å². The SMILES string of the molecule is CC(=O)OC1OS(=O)C=C1C=C(C)C. The van der Waals surface area contributed by atoms with Crippen LogP contribution in [0.3, 0.4) is 0 Å². The van der Waals surface area contributed by atoms with Gasteiger partial charge in [0.1, 0.15) is 0 Å². The Morgan fingerprint density at radius 3 is 2.71 bits per heavy atom. The maximum Gasteiger partial charge on any atom is 0.305 e. The van der Waals surface area contributed by atoms with Gasteiger partial charge in [0.15, 0.2) is 11.1 Å². The molecule has 0 spiro atoms. The number of ether oxygens (including phenoxy) is 1. The van der Waals surface area contributed by atoms with Crippen LogP contribution in [0.2, 0.25) is 0 Å². The third-order valence-corrected chi connectivity index (χ3v) is 2.24. The second-order valence-electron chi connectivity index (χ2n) is 3.14. The maximum absolute atomic E-state index is 11.0. The predicted octanol–water partition coefficient (Wildman–Crippen LogP) is 1.42. The van der Waals surface area contributed by atoms with Gasteiger partial charge in [0.2, 0.25) is 6.29 Å². The van der Waals surface area contributed by atoms with Crippen LogP contribution >= 0.6 is 0 Å². The van der Waals surface area contributed by atoms with Gasteiger partial charge in [-0.3, -0.25) is 4.79 Å². The van der Waals surface area contributed by atoms with Crippen molar-refractivity contribution in [1.29, 1.82) is 0 Å². The summed E-state index contributed by atoms with van der Waals surface area (Å²) in [5.74, 6) is -0.457. The summed E-state index contributed by atoms with van der Waals surface area (Å²) < 4.78 is 20.7. The molecule has 1 heterocycles. The Morgan fingerprint density at radius 2 is 2.21 bits per heavy atom. The molecule has 2 unspecified atom stereocenters. The van der Waals surface area contributed by atoms with Crippen LogP contribution in [0.1, 0.15) is 20.8 Å². The molecular weight excluding hydrogens is 204 g/mol. The van der Waals surface area contributed by atoms with E-state index < -0.39 is 23.3 Å². The summed E-state index contributed by atoms with van der Waals surface area (Å²) >= 11 is -1.50. The minimum absolute atomic E-state index is 0.457.